The summed E-state index contributed by atoms with van der Waals surface area (Å²) in [6.45, 7) is 8.65. The number of pyridine rings is 1. The van der Waals surface area contributed by atoms with Crippen molar-refractivity contribution in [1.82, 2.24) is 4.98 Å². The SMILES string of the molecule is CC(=O)/C=C(/C)O.Cc1cc(C)c(-c2c[c-]c(-c3ccccn3)c(C(F)(F)F)c2)c(C)c1.[Pt]. The smallest absolute Gasteiger partial charge is 0.381 e. The number of allylic oxidation sites excluding steroid dienone is 2. The van der Waals surface area contributed by atoms with Crippen molar-refractivity contribution in [3.8, 4) is 22.4 Å². The van der Waals surface area contributed by atoms with Crippen LogP contribution in [0.4, 0.5) is 13.2 Å². The zero-order valence-corrected chi connectivity index (χ0v) is 21.2. The minimum atomic E-state index is -4.48. The van der Waals surface area contributed by atoms with Gasteiger partial charge in [0.2, 0.25) is 0 Å². The fraction of sp³-hybridized carbons (Fsp3) is 0.231. The van der Waals surface area contributed by atoms with Crippen molar-refractivity contribution in [2.75, 3.05) is 0 Å². The Bertz CT molecular complexity index is 1110. The molecule has 1 heterocycles. The van der Waals surface area contributed by atoms with E-state index in [1.165, 1.54) is 32.2 Å². The molecular formula is C26H25F3NO2Pt-. The molecule has 0 unspecified atom stereocenters. The molecule has 1 N–H and O–H groups in total. The molecule has 0 bridgehead atoms. The number of nitrogens with zero attached hydrogens (tertiary/aromatic N) is 1. The number of aromatic nitrogens is 1. The number of benzene rings is 2. The Kier molecular flexibility index (Phi) is 10.2. The summed E-state index contributed by atoms with van der Waals surface area (Å²) in [5.41, 5.74) is 3.83. The molecule has 2 aromatic carbocycles. The van der Waals surface area contributed by atoms with E-state index in [2.05, 4.69) is 11.1 Å². The summed E-state index contributed by atoms with van der Waals surface area (Å²) < 4.78 is 40.9. The Morgan fingerprint density at radius 3 is 2.09 bits per heavy atom. The number of halogens is 3. The van der Waals surface area contributed by atoms with Gasteiger partial charge in [-0.25, -0.2) is 0 Å². The number of ketones is 1. The Morgan fingerprint density at radius 1 is 1.06 bits per heavy atom. The number of rotatable bonds is 3. The van der Waals surface area contributed by atoms with Gasteiger partial charge in [-0.2, -0.15) is 13.2 Å². The fourth-order valence-corrected chi connectivity index (χ4v) is 3.52. The maximum Gasteiger partial charge on any atom is 0.381 e. The van der Waals surface area contributed by atoms with Gasteiger partial charge in [0, 0.05) is 33.3 Å². The van der Waals surface area contributed by atoms with Gasteiger partial charge in [-0.15, -0.1) is 23.8 Å². The topological polar surface area (TPSA) is 50.2 Å². The summed E-state index contributed by atoms with van der Waals surface area (Å²) in [6.07, 6.45) is -1.84. The van der Waals surface area contributed by atoms with Crippen LogP contribution in [-0.2, 0) is 32.0 Å². The Hall–Kier alpha value is -2.72. The number of hydrogen-bond donors (Lipinski definition) is 1. The summed E-state index contributed by atoms with van der Waals surface area (Å²) in [7, 11) is 0. The van der Waals surface area contributed by atoms with E-state index in [4.69, 9.17) is 5.11 Å². The first-order valence-corrected chi connectivity index (χ1v) is 9.90. The average molecular weight is 636 g/mol. The maximum absolute atomic E-state index is 13.6. The van der Waals surface area contributed by atoms with E-state index in [0.717, 1.165) is 22.3 Å². The number of alkyl halides is 3. The Labute approximate surface area is 206 Å². The number of carbonyl (C=O) groups is 1. The maximum atomic E-state index is 13.6. The monoisotopic (exact) mass is 635 g/mol. The summed E-state index contributed by atoms with van der Waals surface area (Å²) in [5.74, 6) is -0.0625. The molecule has 33 heavy (non-hydrogen) atoms. The molecule has 3 rings (SSSR count). The average Bonchev–Trinajstić information content (AvgIpc) is 2.66. The van der Waals surface area contributed by atoms with E-state index < -0.39 is 11.7 Å². The van der Waals surface area contributed by atoms with Gasteiger partial charge in [-0.1, -0.05) is 52.1 Å². The molecule has 1 aromatic heterocycles. The van der Waals surface area contributed by atoms with Gasteiger partial charge in [-0.05, 0) is 51.9 Å². The minimum absolute atomic E-state index is 0. The van der Waals surface area contributed by atoms with Crippen molar-refractivity contribution >= 4 is 5.78 Å². The molecule has 7 heteroatoms. The molecule has 178 valence electrons. The van der Waals surface area contributed by atoms with Crippen molar-refractivity contribution in [2.45, 2.75) is 40.8 Å². The van der Waals surface area contributed by atoms with Crippen LogP contribution in [0.15, 0.2) is 60.5 Å². The van der Waals surface area contributed by atoms with Gasteiger partial charge in [0.25, 0.3) is 0 Å². The second-order valence-electron chi connectivity index (χ2n) is 7.56. The van der Waals surface area contributed by atoms with Crippen LogP contribution < -0.4 is 0 Å². The first-order chi connectivity index (χ1) is 14.9. The largest absolute Gasteiger partial charge is 0.512 e. The number of hydrogen-bond acceptors (Lipinski definition) is 3. The van der Waals surface area contributed by atoms with Gasteiger partial charge in [-0.3, -0.25) is 4.79 Å². The number of aliphatic hydroxyl groups is 1. The van der Waals surface area contributed by atoms with Gasteiger partial charge in [0.15, 0.2) is 5.78 Å². The third-order valence-electron chi connectivity index (χ3n) is 4.55. The summed E-state index contributed by atoms with van der Waals surface area (Å²) in [5, 5.41) is 8.36. The van der Waals surface area contributed by atoms with Crippen LogP contribution in [0.2, 0.25) is 0 Å². The van der Waals surface area contributed by atoms with Crippen LogP contribution in [0.3, 0.4) is 0 Å². The number of carbonyl (C=O) groups excluding carboxylic acids is 1. The van der Waals surface area contributed by atoms with Crippen LogP contribution >= 0.6 is 0 Å². The van der Waals surface area contributed by atoms with E-state index in [0.29, 0.717) is 5.56 Å². The molecule has 0 aliphatic carbocycles. The molecule has 3 nitrogen and oxygen atoms in total. The van der Waals surface area contributed by atoms with Crippen molar-refractivity contribution in [3.05, 3.63) is 88.8 Å². The Balaban J connectivity index is 0.000000595. The first kappa shape index (κ1) is 28.3. The van der Waals surface area contributed by atoms with E-state index in [1.807, 2.05) is 32.9 Å². The molecule has 0 fully saturated rings. The first-order valence-electron chi connectivity index (χ1n) is 9.90. The Morgan fingerprint density at radius 2 is 1.67 bits per heavy atom. The molecular weight excluding hydrogens is 610 g/mol. The zero-order valence-electron chi connectivity index (χ0n) is 18.9. The molecule has 0 saturated carbocycles. The predicted molar refractivity (Wildman–Crippen MR) is 120 cm³/mol. The van der Waals surface area contributed by atoms with Crippen LogP contribution in [0.5, 0.6) is 0 Å². The third kappa shape index (κ3) is 7.97. The summed E-state index contributed by atoms with van der Waals surface area (Å²) >= 11 is 0. The number of aryl methyl sites for hydroxylation is 3. The second-order valence-corrected chi connectivity index (χ2v) is 7.56. The van der Waals surface area contributed by atoms with Gasteiger partial charge in [0.1, 0.15) is 0 Å². The van der Waals surface area contributed by atoms with Gasteiger partial charge in [0.05, 0.1) is 5.76 Å². The molecule has 0 radical (unpaired) electrons. The van der Waals surface area contributed by atoms with Crippen molar-refractivity contribution in [2.24, 2.45) is 0 Å². The molecule has 3 aromatic rings. The summed E-state index contributed by atoms with van der Waals surface area (Å²) in [6, 6.07) is 14.5. The van der Waals surface area contributed by atoms with Crippen molar-refractivity contribution in [1.29, 1.82) is 0 Å². The summed E-state index contributed by atoms with van der Waals surface area (Å²) in [4.78, 5) is 14.1. The molecule has 0 amide bonds. The van der Waals surface area contributed by atoms with Gasteiger partial charge >= 0.3 is 6.18 Å². The van der Waals surface area contributed by atoms with Crippen LogP contribution in [-0.4, -0.2) is 15.9 Å². The minimum Gasteiger partial charge on any atom is -0.512 e. The predicted octanol–water partition coefficient (Wildman–Crippen LogP) is 7.19. The molecule has 0 spiro atoms. The van der Waals surface area contributed by atoms with Crippen LogP contribution in [0.25, 0.3) is 22.4 Å². The fourth-order valence-electron chi connectivity index (χ4n) is 3.52. The normalized spacial score (nSPS) is 11.2. The molecule has 0 atom stereocenters. The third-order valence-corrected chi connectivity index (χ3v) is 4.55. The molecule has 0 saturated heterocycles. The van der Waals surface area contributed by atoms with Crippen LogP contribution in [0.1, 0.15) is 36.1 Å². The second kappa shape index (κ2) is 11.9. The van der Waals surface area contributed by atoms with E-state index in [9.17, 15) is 18.0 Å². The van der Waals surface area contributed by atoms with E-state index >= 15 is 0 Å². The molecule has 0 aliphatic rings. The van der Waals surface area contributed by atoms with E-state index in [-0.39, 0.29) is 43.9 Å². The zero-order chi connectivity index (χ0) is 24.1. The number of aliphatic hydroxyl groups excluding tert-OH is 1. The van der Waals surface area contributed by atoms with Gasteiger partial charge < -0.3 is 10.1 Å². The van der Waals surface area contributed by atoms with E-state index in [1.54, 1.807) is 24.3 Å². The molecule has 0 aliphatic heterocycles. The van der Waals surface area contributed by atoms with Crippen molar-refractivity contribution < 1.29 is 44.1 Å². The van der Waals surface area contributed by atoms with Crippen molar-refractivity contribution in [3.63, 3.8) is 0 Å². The quantitative estimate of drug-likeness (QED) is 0.188. The standard InChI is InChI=1S/C21H17F3N.C5H8O2.Pt/c1-13-10-14(2)20(15(3)11-13)16-7-8-17(18(12-16)21(22,23)24)19-6-4-5-9-25-19;1-4(6)3-5(2)7;/h4-7,9-12H,1-3H3;3,6H,1-2H3;/q-1;;/b;4-3-;. The van der Waals surface area contributed by atoms with Crippen LogP contribution in [0, 0.1) is 26.8 Å².